The molecule has 0 aliphatic carbocycles. The number of carbonyl (C=O) groups excluding carboxylic acids is 1. The summed E-state index contributed by atoms with van der Waals surface area (Å²) in [7, 11) is 0. The number of pyridine rings is 2. The lowest BCUT2D eigenvalue weighted by Gasteiger charge is -2.29. The third kappa shape index (κ3) is 4.70. The van der Waals surface area contributed by atoms with Crippen molar-refractivity contribution in [3.8, 4) is 5.69 Å². The van der Waals surface area contributed by atoms with Crippen LogP contribution in [0.15, 0.2) is 85.3 Å². The number of para-hydroxylation sites is 1. The normalized spacial score (nSPS) is 17.2. The summed E-state index contributed by atoms with van der Waals surface area (Å²) in [4.78, 5) is 23.6. The first-order valence-electron chi connectivity index (χ1n) is 11.6. The van der Waals surface area contributed by atoms with Crippen molar-refractivity contribution in [2.75, 3.05) is 11.9 Å². The molecule has 1 aliphatic heterocycles. The Kier molecular flexibility index (Phi) is 6.73. The zero-order valence-corrected chi connectivity index (χ0v) is 20.5. The number of nitrogens with zero attached hydrogens (tertiary/aromatic N) is 4. The zero-order valence-electron chi connectivity index (χ0n) is 19.6. The fraction of sp³-hybridized carbons (Fsp3) is 0.185. The van der Waals surface area contributed by atoms with Gasteiger partial charge in [-0.05, 0) is 67.7 Å². The lowest BCUT2D eigenvalue weighted by molar-refractivity contribution is -0.116. The van der Waals surface area contributed by atoms with Gasteiger partial charge in [0.1, 0.15) is 5.82 Å². The minimum Gasteiger partial charge on any atom is -0.352 e. The van der Waals surface area contributed by atoms with Gasteiger partial charge in [0, 0.05) is 36.7 Å². The number of benzene rings is 1. The van der Waals surface area contributed by atoms with Gasteiger partial charge in [-0.2, -0.15) is 0 Å². The fourth-order valence-corrected chi connectivity index (χ4v) is 4.93. The van der Waals surface area contributed by atoms with Crippen LogP contribution in [0.2, 0.25) is 0 Å². The molecule has 0 radical (unpaired) electrons. The Bertz CT molecular complexity index is 1380. The van der Waals surface area contributed by atoms with Crippen LogP contribution < -0.4 is 10.6 Å². The van der Waals surface area contributed by atoms with Gasteiger partial charge in [0.15, 0.2) is 5.11 Å². The third-order valence-corrected chi connectivity index (χ3v) is 6.59. The van der Waals surface area contributed by atoms with E-state index in [2.05, 4.69) is 37.3 Å². The first kappa shape index (κ1) is 23.6. The van der Waals surface area contributed by atoms with E-state index in [1.54, 1.807) is 30.6 Å². The lowest BCUT2D eigenvalue weighted by atomic mass is 10.0. The summed E-state index contributed by atoms with van der Waals surface area (Å²) in [6.45, 7) is 2.39. The number of nitrogens with one attached hydrogen (secondary N) is 2. The summed E-state index contributed by atoms with van der Waals surface area (Å²) in [6, 6.07) is 19.5. The van der Waals surface area contributed by atoms with E-state index >= 15 is 0 Å². The van der Waals surface area contributed by atoms with Gasteiger partial charge in [-0.3, -0.25) is 14.8 Å². The Morgan fingerprint density at radius 1 is 1.08 bits per heavy atom. The highest BCUT2D eigenvalue weighted by Gasteiger charge is 2.41. The van der Waals surface area contributed by atoms with Gasteiger partial charge in [0.25, 0.3) is 0 Å². The average Bonchev–Trinajstić information content (AvgIpc) is 3.44. The van der Waals surface area contributed by atoms with E-state index in [4.69, 9.17) is 12.2 Å². The number of rotatable bonds is 7. The predicted octanol–water partition coefficient (Wildman–Crippen LogP) is 4.72. The van der Waals surface area contributed by atoms with Crippen molar-refractivity contribution in [2.24, 2.45) is 0 Å². The van der Waals surface area contributed by atoms with E-state index in [1.807, 2.05) is 48.4 Å². The molecule has 0 bridgehead atoms. The smallest absolute Gasteiger partial charge is 0.226 e. The second kappa shape index (κ2) is 10.2. The van der Waals surface area contributed by atoms with Crippen molar-refractivity contribution >= 4 is 28.9 Å². The molecule has 5 rings (SSSR count). The number of hydrogen-bond acceptors (Lipinski definition) is 4. The molecule has 182 valence electrons. The zero-order chi connectivity index (χ0) is 25.1. The molecule has 0 saturated carbocycles. The molecule has 2 N–H and O–H groups in total. The first-order valence-corrected chi connectivity index (χ1v) is 12.0. The summed E-state index contributed by atoms with van der Waals surface area (Å²) in [5.41, 5.74) is 3.99. The van der Waals surface area contributed by atoms with Crippen LogP contribution in [0.4, 0.5) is 10.1 Å². The molecule has 0 unspecified atom stereocenters. The van der Waals surface area contributed by atoms with E-state index < -0.39 is 5.82 Å². The summed E-state index contributed by atoms with van der Waals surface area (Å²) in [5.74, 6) is -0.760. The molecule has 4 aromatic rings. The van der Waals surface area contributed by atoms with Crippen molar-refractivity contribution in [1.29, 1.82) is 0 Å². The number of halogens is 1. The summed E-state index contributed by atoms with van der Waals surface area (Å²) < 4.78 is 16.2. The maximum Gasteiger partial charge on any atom is 0.226 e. The average molecular weight is 501 g/mol. The van der Waals surface area contributed by atoms with Crippen molar-refractivity contribution in [3.63, 3.8) is 0 Å². The number of aromatic nitrogens is 3. The van der Waals surface area contributed by atoms with Gasteiger partial charge in [-0.25, -0.2) is 4.39 Å². The maximum absolute atomic E-state index is 14.0. The van der Waals surface area contributed by atoms with E-state index in [0.717, 1.165) is 22.8 Å². The highest BCUT2D eigenvalue weighted by atomic mass is 32.1. The van der Waals surface area contributed by atoms with Crippen molar-refractivity contribution < 1.29 is 9.18 Å². The molecule has 1 aliphatic rings. The highest BCUT2D eigenvalue weighted by molar-refractivity contribution is 7.80. The second-order valence-electron chi connectivity index (χ2n) is 8.54. The Labute approximate surface area is 214 Å². The van der Waals surface area contributed by atoms with Crippen LogP contribution in [0.25, 0.3) is 5.69 Å². The number of thiocarbonyl (C=S) groups is 1. The second-order valence-corrected chi connectivity index (χ2v) is 8.93. The van der Waals surface area contributed by atoms with Gasteiger partial charge in [0.2, 0.25) is 5.91 Å². The van der Waals surface area contributed by atoms with Crippen LogP contribution in [0, 0.1) is 12.7 Å². The number of hydrogen-bond donors (Lipinski definition) is 2. The minimum absolute atomic E-state index is 0.133. The van der Waals surface area contributed by atoms with Crippen LogP contribution in [-0.2, 0) is 4.79 Å². The van der Waals surface area contributed by atoms with E-state index in [1.165, 1.54) is 6.07 Å². The van der Waals surface area contributed by atoms with Crippen LogP contribution in [0.1, 0.15) is 35.6 Å². The van der Waals surface area contributed by atoms with E-state index in [0.29, 0.717) is 11.7 Å². The molecule has 36 heavy (non-hydrogen) atoms. The van der Waals surface area contributed by atoms with Gasteiger partial charge in [0.05, 0.1) is 35.3 Å². The largest absolute Gasteiger partial charge is 0.352 e. The third-order valence-electron chi connectivity index (χ3n) is 6.24. The van der Waals surface area contributed by atoms with Gasteiger partial charge in [-0.1, -0.05) is 18.2 Å². The van der Waals surface area contributed by atoms with Crippen LogP contribution >= 0.6 is 12.2 Å². The monoisotopic (exact) mass is 500 g/mol. The molecule has 2 atom stereocenters. The summed E-state index contributed by atoms with van der Waals surface area (Å²) in [5, 5.41) is 6.60. The molecule has 1 aromatic carbocycles. The standard InChI is InChI=1S/C27H25FN6OS/c1-18-11-12-23(34(18)19-7-6-14-29-17-19)26-25(22-10-4-5-15-30-22)32-27(36)33(26)16-13-24(35)31-21-9-3-2-8-20(21)28/h2-12,14-15,17,25-26H,13,16H2,1H3,(H,31,35)(H,32,36)/t25-,26+/m1/s1. The molecule has 0 spiro atoms. The van der Waals surface area contributed by atoms with Crippen molar-refractivity contribution in [3.05, 3.63) is 108 Å². The fourth-order valence-electron chi connectivity index (χ4n) is 4.59. The lowest BCUT2D eigenvalue weighted by Crippen LogP contribution is -2.33. The number of anilines is 1. The SMILES string of the molecule is Cc1ccc([C@H]2[C@@H](c3ccccn3)NC(=S)N2CCC(=O)Nc2ccccc2F)n1-c1cccnc1. The van der Waals surface area contributed by atoms with Gasteiger partial charge in [-0.15, -0.1) is 0 Å². The van der Waals surface area contributed by atoms with Crippen LogP contribution in [0.5, 0.6) is 0 Å². The molecular weight excluding hydrogens is 475 g/mol. The van der Waals surface area contributed by atoms with Crippen molar-refractivity contribution in [1.82, 2.24) is 24.8 Å². The Morgan fingerprint density at radius 3 is 2.67 bits per heavy atom. The predicted molar refractivity (Wildman–Crippen MR) is 140 cm³/mol. The number of amides is 1. The number of carbonyl (C=O) groups is 1. The minimum atomic E-state index is -0.470. The molecule has 1 saturated heterocycles. The van der Waals surface area contributed by atoms with Crippen LogP contribution in [0.3, 0.4) is 0 Å². The molecule has 9 heteroatoms. The highest BCUT2D eigenvalue weighted by Crippen LogP contribution is 2.40. The number of aryl methyl sites for hydroxylation is 1. The topological polar surface area (TPSA) is 75.1 Å². The van der Waals surface area contributed by atoms with E-state index in [9.17, 15) is 9.18 Å². The molecule has 1 fully saturated rings. The maximum atomic E-state index is 14.0. The van der Waals surface area contributed by atoms with Crippen LogP contribution in [-0.4, -0.2) is 37.0 Å². The Morgan fingerprint density at radius 2 is 1.92 bits per heavy atom. The molecule has 1 amide bonds. The first-order chi connectivity index (χ1) is 17.5. The molecular formula is C27H25FN6OS. The van der Waals surface area contributed by atoms with Crippen molar-refractivity contribution in [2.45, 2.75) is 25.4 Å². The summed E-state index contributed by atoms with van der Waals surface area (Å²) in [6.07, 6.45) is 5.45. The molecule has 3 aromatic heterocycles. The molecule has 7 nitrogen and oxygen atoms in total. The van der Waals surface area contributed by atoms with Gasteiger partial charge < -0.3 is 20.1 Å². The quantitative estimate of drug-likeness (QED) is 0.358. The Hall–Kier alpha value is -4.11. The Balaban J connectivity index is 1.47. The van der Waals surface area contributed by atoms with Gasteiger partial charge >= 0.3 is 0 Å². The molecule has 4 heterocycles. The van der Waals surface area contributed by atoms with E-state index in [-0.39, 0.29) is 30.1 Å². The summed E-state index contributed by atoms with van der Waals surface area (Å²) >= 11 is 5.74.